The lowest BCUT2D eigenvalue weighted by molar-refractivity contribution is -0.0258. The molecular weight excluding hydrogens is 359 g/mol. The molecule has 0 radical (unpaired) electrons. The predicted molar refractivity (Wildman–Crippen MR) is 87.8 cm³/mol. The molecule has 0 bridgehead atoms. The van der Waals surface area contributed by atoms with Crippen LogP contribution in [-0.4, -0.2) is 33.0 Å². The SMILES string of the molecule is CON(C)S(=O)(=O)c1cccc(C(=O)Nc2cc(Cl)ccc2F)c1. The number of sulfonamides is 1. The molecule has 2 aromatic carbocycles. The van der Waals surface area contributed by atoms with Gasteiger partial charge in [-0.15, -0.1) is 0 Å². The average molecular weight is 373 g/mol. The van der Waals surface area contributed by atoms with Crippen LogP contribution in [0.1, 0.15) is 10.4 Å². The molecule has 128 valence electrons. The molecule has 0 aliphatic rings. The molecule has 24 heavy (non-hydrogen) atoms. The van der Waals surface area contributed by atoms with Crippen LogP contribution in [0.5, 0.6) is 0 Å². The highest BCUT2D eigenvalue weighted by Crippen LogP contribution is 2.21. The van der Waals surface area contributed by atoms with Crippen molar-refractivity contribution in [2.24, 2.45) is 0 Å². The highest BCUT2D eigenvalue weighted by molar-refractivity contribution is 7.89. The maximum atomic E-state index is 13.7. The molecule has 1 N–H and O–H groups in total. The lowest BCUT2D eigenvalue weighted by atomic mass is 10.2. The van der Waals surface area contributed by atoms with E-state index in [9.17, 15) is 17.6 Å². The standard InChI is InChI=1S/C15H14ClFN2O4S/c1-19(23-2)24(21,22)12-5-3-4-10(8-12)15(20)18-14-9-11(16)6-7-13(14)17/h3-9H,1-2H3,(H,18,20). The molecule has 0 aromatic heterocycles. The van der Waals surface area contributed by atoms with Crippen molar-refractivity contribution in [3.63, 3.8) is 0 Å². The summed E-state index contributed by atoms with van der Waals surface area (Å²) in [5, 5.41) is 2.61. The van der Waals surface area contributed by atoms with Crippen molar-refractivity contribution >= 4 is 33.2 Å². The molecule has 2 rings (SSSR count). The Balaban J connectivity index is 2.31. The predicted octanol–water partition coefficient (Wildman–Crippen LogP) is 2.91. The summed E-state index contributed by atoms with van der Waals surface area (Å²) < 4.78 is 38.7. The first-order valence-electron chi connectivity index (χ1n) is 6.65. The van der Waals surface area contributed by atoms with E-state index in [2.05, 4.69) is 10.2 Å². The van der Waals surface area contributed by atoms with Crippen molar-refractivity contribution in [2.45, 2.75) is 4.90 Å². The normalized spacial score (nSPS) is 11.5. The van der Waals surface area contributed by atoms with Crippen molar-refractivity contribution in [1.29, 1.82) is 0 Å². The van der Waals surface area contributed by atoms with Gasteiger partial charge in [-0.3, -0.25) is 9.63 Å². The van der Waals surface area contributed by atoms with Crippen LogP contribution in [0.25, 0.3) is 0 Å². The van der Waals surface area contributed by atoms with Gasteiger partial charge in [0.2, 0.25) is 0 Å². The third-order valence-corrected chi connectivity index (χ3v) is 5.08. The summed E-state index contributed by atoms with van der Waals surface area (Å²) in [5.41, 5.74) is -0.0604. The number of halogens is 2. The molecule has 0 saturated heterocycles. The summed E-state index contributed by atoms with van der Waals surface area (Å²) in [6.45, 7) is 0. The second-order valence-electron chi connectivity index (χ2n) is 4.70. The highest BCUT2D eigenvalue weighted by atomic mass is 35.5. The van der Waals surface area contributed by atoms with Gasteiger partial charge in [0, 0.05) is 17.6 Å². The first kappa shape index (κ1) is 18.3. The number of nitrogens with zero attached hydrogens (tertiary/aromatic N) is 1. The van der Waals surface area contributed by atoms with Gasteiger partial charge in [-0.25, -0.2) is 12.8 Å². The first-order valence-corrected chi connectivity index (χ1v) is 8.47. The Hall–Kier alpha value is -2.00. The van der Waals surface area contributed by atoms with Crippen LogP contribution in [0.15, 0.2) is 47.4 Å². The van der Waals surface area contributed by atoms with Crippen molar-refractivity contribution in [1.82, 2.24) is 4.47 Å². The molecular formula is C15H14ClFN2O4S. The Kier molecular flexibility index (Phi) is 5.55. The zero-order valence-corrected chi connectivity index (χ0v) is 14.4. The molecule has 0 fully saturated rings. The quantitative estimate of drug-likeness (QED) is 0.819. The van der Waals surface area contributed by atoms with Crippen molar-refractivity contribution < 1.29 is 22.4 Å². The Morgan fingerprint density at radius 3 is 2.62 bits per heavy atom. The van der Waals surface area contributed by atoms with E-state index in [1.165, 1.54) is 50.6 Å². The van der Waals surface area contributed by atoms with E-state index in [4.69, 9.17) is 11.6 Å². The van der Waals surface area contributed by atoms with E-state index in [0.29, 0.717) is 4.47 Å². The number of carbonyl (C=O) groups is 1. The van der Waals surface area contributed by atoms with Crippen molar-refractivity contribution in [3.05, 3.63) is 58.9 Å². The molecule has 0 unspecified atom stereocenters. The van der Waals surface area contributed by atoms with Crippen LogP contribution in [0.3, 0.4) is 0 Å². The van der Waals surface area contributed by atoms with Gasteiger partial charge in [0.05, 0.1) is 17.7 Å². The van der Waals surface area contributed by atoms with Gasteiger partial charge in [-0.2, -0.15) is 0 Å². The summed E-state index contributed by atoms with van der Waals surface area (Å²) in [7, 11) is -1.47. The van der Waals surface area contributed by atoms with Gasteiger partial charge in [0.15, 0.2) is 0 Å². The Bertz CT molecular complexity index is 874. The van der Waals surface area contributed by atoms with E-state index in [0.717, 1.165) is 6.07 Å². The number of nitrogens with one attached hydrogen (secondary N) is 1. The van der Waals surface area contributed by atoms with E-state index < -0.39 is 21.7 Å². The van der Waals surface area contributed by atoms with E-state index in [1.807, 2.05) is 0 Å². The molecule has 9 heteroatoms. The topological polar surface area (TPSA) is 75.7 Å². The minimum Gasteiger partial charge on any atom is -0.319 e. The lowest BCUT2D eigenvalue weighted by Gasteiger charge is -2.14. The minimum atomic E-state index is -3.90. The number of hydrogen-bond acceptors (Lipinski definition) is 4. The van der Waals surface area contributed by atoms with E-state index in [-0.39, 0.29) is 21.2 Å². The third kappa shape index (κ3) is 3.90. The number of amides is 1. The van der Waals surface area contributed by atoms with Crippen LogP contribution < -0.4 is 5.32 Å². The van der Waals surface area contributed by atoms with Crippen LogP contribution in [0.4, 0.5) is 10.1 Å². The van der Waals surface area contributed by atoms with Crippen LogP contribution in [-0.2, 0) is 14.9 Å². The van der Waals surface area contributed by atoms with Crippen molar-refractivity contribution in [3.8, 4) is 0 Å². The third-order valence-electron chi connectivity index (χ3n) is 3.17. The number of carbonyl (C=O) groups excluding carboxylic acids is 1. The van der Waals surface area contributed by atoms with Gasteiger partial charge in [-0.05, 0) is 36.4 Å². The summed E-state index contributed by atoms with van der Waals surface area (Å²) in [5.74, 6) is -1.33. The van der Waals surface area contributed by atoms with Gasteiger partial charge in [-0.1, -0.05) is 22.1 Å². The Labute approximate surface area is 143 Å². The second kappa shape index (κ2) is 7.27. The molecule has 0 aliphatic heterocycles. The fourth-order valence-corrected chi connectivity index (χ4v) is 3.02. The molecule has 6 nitrogen and oxygen atoms in total. The van der Waals surface area contributed by atoms with Gasteiger partial charge < -0.3 is 5.32 Å². The maximum Gasteiger partial charge on any atom is 0.264 e. The molecule has 0 saturated carbocycles. The molecule has 0 aliphatic carbocycles. The maximum absolute atomic E-state index is 13.7. The monoisotopic (exact) mass is 372 g/mol. The van der Waals surface area contributed by atoms with Gasteiger partial charge in [0.1, 0.15) is 5.82 Å². The summed E-state index contributed by atoms with van der Waals surface area (Å²) >= 11 is 5.77. The van der Waals surface area contributed by atoms with Crippen LogP contribution in [0, 0.1) is 5.82 Å². The zero-order valence-electron chi connectivity index (χ0n) is 12.8. The molecule has 2 aromatic rings. The molecule has 0 atom stereocenters. The first-order chi connectivity index (χ1) is 11.3. The fourth-order valence-electron chi connectivity index (χ4n) is 1.83. The Morgan fingerprint density at radius 1 is 1.25 bits per heavy atom. The second-order valence-corrected chi connectivity index (χ2v) is 7.08. The highest BCUT2D eigenvalue weighted by Gasteiger charge is 2.22. The molecule has 1 amide bonds. The smallest absolute Gasteiger partial charge is 0.264 e. The van der Waals surface area contributed by atoms with Crippen LogP contribution >= 0.6 is 11.6 Å². The Morgan fingerprint density at radius 2 is 1.96 bits per heavy atom. The largest absolute Gasteiger partial charge is 0.319 e. The van der Waals surface area contributed by atoms with Gasteiger partial charge in [0.25, 0.3) is 15.9 Å². The summed E-state index contributed by atoms with van der Waals surface area (Å²) in [6.07, 6.45) is 0. The van der Waals surface area contributed by atoms with E-state index in [1.54, 1.807) is 0 Å². The summed E-state index contributed by atoms with van der Waals surface area (Å²) in [6, 6.07) is 9.02. The van der Waals surface area contributed by atoms with Gasteiger partial charge >= 0.3 is 0 Å². The van der Waals surface area contributed by atoms with E-state index >= 15 is 0 Å². The van der Waals surface area contributed by atoms with Crippen LogP contribution in [0.2, 0.25) is 5.02 Å². The number of benzene rings is 2. The fraction of sp³-hybridized carbons (Fsp3) is 0.133. The average Bonchev–Trinajstić information content (AvgIpc) is 2.57. The molecule has 0 heterocycles. The zero-order chi connectivity index (χ0) is 17.9. The number of hydrogen-bond donors (Lipinski definition) is 1. The number of hydroxylamine groups is 1. The lowest BCUT2D eigenvalue weighted by Crippen LogP contribution is -2.26. The minimum absolute atomic E-state index is 0.0416. The number of anilines is 1. The van der Waals surface area contributed by atoms with Crippen molar-refractivity contribution in [2.75, 3.05) is 19.5 Å². The number of rotatable bonds is 5. The summed E-state index contributed by atoms with van der Waals surface area (Å²) in [4.78, 5) is 16.8. The molecule has 0 spiro atoms.